The molecule has 0 amide bonds. The number of nitrogens with zero attached hydrogens (tertiary/aromatic N) is 2. The molecule has 5 rings (SSSR count). The fourth-order valence-electron chi connectivity index (χ4n) is 4.10. The summed E-state index contributed by atoms with van der Waals surface area (Å²) in [6.07, 6.45) is 5.07. The van der Waals surface area contributed by atoms with Gasteiger partial charge in [0, 0.05) is 31.5 Å². The topological polar surface area (TPSA) is 115 Å². The maximum Gasteiger partial charge on any atom is 0.205 e. The Labute approximate surface area is 200 Å². The Bertz CT molecular complexity index is 1170. The Kier molecular flexibility index (Phi) is 7.42. The van der Waals surface area contributed by atoms with E-state index in [2.05, 4.69) is 15.2 Å². The molecular formula is C24H28N4O3S2. The van der Waals surface area contributed by atoms with E-state index < -0.39 is 5.97 Å². The van der Waals surface area contributed by atoms with Crippen LogP contribution in [0.5, 0.6) is 0 Å². The lowest BCUT2D eigenvalue weighted by Gasteiger charge is -2.16. The number of amidine groups is 1. The van der Waals surface area contributed by atoms with Crippen molar-refractivity contribution in [3.63, 3.8) is 0 Å². The Hall–Kier alpha value is -2.75. The third-order valence-electron chi connectivity index (χ3n) is 5.89. The summed E-state index contributed by atoms with van der Waals surface area (Å²) in [7, 11) is 0. The second-order valence-electron chi connectivity index (χ2n) is 8.20. The number of carbonyl (C=O) groups is 2. The molecule has 4 heterocycles. The van der Waals surface area contributed by atoms with E-state index in [1.165, 1.54) is 37.3 Å². The molecule has 2 aliphatic heterocycles. The highest BCUT2D eigenvalue weighted by atomic mass is 32.2. The molecule has 3 aromatic rings. The van der Waals surface area contributed by atoms with Crippen LogP contribution in [0.3, 0.4) is 0 Å². The molecule has 9 heteroatoms. The van der Waals surface area contributed by atoms with Crippen LogP contribution in [0.1, 0.15) is 57.5 Å². The summed E-state index contributed by atoms with van der Waals surface area (Å²) in [6.45, 7) is 6.42. The van der Waals surface area contributed by atoms with Gasteiger partial charge in [0.05, 0.1) is 44.7 Å². The Morgan fingerprint density at radius 1 is 1.03 bits per heavy atom. The number of ketones is 1. The Balaban J connectivity index is 0.000000459. The van der Waals surface area contributed by atoms with Crippen molar-refractivity contribution in [2.75, 3.05) is 31.9 Å². The van der Waals surface area contributed by atoms with Crippen molar-refractivity contribution in [2.45, 2.75) is 32.6 Å². The number of anilines is 1. The normalized spacial score (nSPS) is 16.2. The summed E-state index contributed by atoms with van der Waals surface area (Å²) in [4.78, 5) is 31.7. The highest BCUT2D eigenvalue weighted by molar-refractivity contribution is 7.40. The molecule has 0 bridgehead atoms. The number of quaternary nitrogens is 1. The van der Waals surface area contributed by atoms with Crippen LogP contribution in [0.4, 0.5) is 11.4 Å². The van der Waals surface area contributed by atoms with Gasteiger partial charge in [0.2, 0.25) is 5.78 Å². The van der Waals surface area contributed by atoms with Gasteiger partial charge >= 0.3 is 0 Å². The summed E-state index contributed by atoms with van der Waals surface area (Å²) in [5, 5.41) is 14.6. The molecule has 0 spiro atoms. The number of likely N-dealkylation sites (tertiary alicyclic amines) is 1. The smallest absolute Gasteiger partial charge is 0.205 e. The van der Waals surface area contributed by atoms with Gasteiger partial charge in [-0.25, -0.2) is 4.99 Å². The Morgan fingerprint density at radius 2 is 1.67 bits per heavy atom. The minimum Gasteiger partial charge on any atom is -0.544 e. The molecule has 0 saturated carbocycles. The monoisotopic (exact) mass is 484 g/mol. The van der Waals surface area contributed by atoms with Gasteiger partial charge in [-0.3, -0.25) is 4.79 Å². The summed E-state index contributed by atoms with van der Waals surface area (Å²) in [6, 6.07) is 8.90. The molecule has 2 saturated heterocycles. The summed E-state index contributed by atoms with van der Waals surface area (Å²) in [5.41, 5.74) is 7.44. The molecule has 1 aromatic carbocycles. The number of carbonyl (C=O) groups excluding carboxylic acids is 2. The van der Waals surface area contributed by atoms with Crippen molar-refractivity contribution in [1.29, 1.82) is 0 Å². The number of fused-ring (bicyclic) bond motifs is 1. The minimum absolute atomic E-state index is 0.0465. The number of carboxylic acid groups (broad SMARTS) is 1. The summed E-state index contributed by atoms with van der Waals surface area (Å²) in [5.74, 6) is -0.703. The molecule has 7 nitrogen and oxygen atoms in total. The highest BCUT2D eigenvalue weighted by Gasteiger charge is 2.25. The van der Waals surface area contributed by atoms with Gasteiger partial charge in [0.1, 0.15) is 10.7 Å². The van der Waals surface area contributed by atoms with E-state index in [4.69, 9.17) is 5.73 Å². The van der Waals surface area contributed by atoms with Gasteiger partial charge in [0.15, 0.2) is 0 Å². The summed E-state index contributed by atoms with van der Waals surface area (Å²) >= 11 is 2.27. The van der Waals surface area contributed by atoms with Crippen LogP contribution in [-0.2, 0) is 0 Å². The van der Waals surface area contributed by atoms with Gasteiger partial charge in [0.25, 0.3) is 0 Å². The number of hydrogen-bond acceptors (Lipinski definition) is 7. The first kappa shape index (κ1) is 23.4. The fourth-order valence-corrected chi connectivity index (χ4v) is 6.51. The van der Waals surface area contributed by atoms with Gasteiger partial charge in [-0.2, -0.15) is 0 Å². The van der Waals surface area contributed by atoms with Crippen LogP contribution in [0.25, 0.3) is 9.40 Å². The van der Waals surface area contributed by atoms with E-state index in [-0.39, 0.29) is 16.3 Å². The zero-order chi connectivity index (χ0) is 23.4. The first-order valence-electron chi connectivity index (χ1n) is 11.2. The van der Waals surface area contributed by atoms with Crippen molar-refractivity contribution in [3.05, 3.63) is 45.6 Å². The fraction of sp³-hybridized carbons (Fsp3) is 0.375. The maximum absolute atomic E-state index is 12.9. The molecule has 2 aliphatic rings. The zero-order valence-electron chi connectivity index (χ0n) is 18.6. The number of aromatic carboxylic acids is 1. The number of benzene rings is 1. The molecule has 2 aromatic heterocycles. The van der Waals surface area contributed by atoms with Crippen molar-refractivity contribution in [2.24, 2.45) is 4.99 Å². The molecule has 2 fully saturated rings. The number of carboxylic acids is 1. The largest absolute Gasteiger partial charge is 0.544 e. The predicted molar refractivity (Wildman–Crippen MR) is 133 cm³/mol. The first-order valence-corrected chi connectivity index (χ1v) is 12.9. The van der Waals surface area contributed by atoms with Gasteiger partial charge < -0.3 is 25.9 Å². The van der Waals surface area contributed by atoms with Crippen molar-refractivity contribution < 1.29 is 20.0 Å². The number of nitrogen functional groups attached to an aromatic ring is 1. The second-order valence-corrected chi connectivity index (χ2v) is 10.5. The maximum atomic E-state index is 12.9. The summed E-state index contributed by atoms with van der Waals surface area (Å²) < 4.78 is 0.670. The minimum atomic E-state index is -1.28. The van der Waals surface area contributed by atoms with Crippen LogP contribution in [-0.4, -0.2) is 48.7 Å². The van der Waals surface area contributed by atoms with E-state index >= 15 is 0 Å². The quantitative estimate of drug-likeness (QED) is 0.336. The second kappa shape index (κ2) is 10.5. The first-order chi connectivity index (χ1) is 16.0. The van der Waals surface area contributed by atoms with Gasteiger partial charge in [-0.15, -0.1) is 22.7 Å². The van der Waals surface area contributed by atoms with Crippen LogP contribution in [0.2, 0.25) is 0 Å². The molecular weight excluding hydrogens is 456 g/mol. The number of aliphatic imine (C=N–C) groups is 1. The van der Waals surface area contributed by atoms with E-state index in [9.17, 15) is 14.7 Å². The standard InChI is InChI=1S/C20H19N3O3S2.C4H9N/c1-11(23-9-5-6-10-23)22-15-13-14(21)17(16(24)12-7-3-2-4-8-12)27-20(13)28-18(15)19(25)26;1-2-4-5-3-1/h2-4,7-8H,5-6,9-10,21H2,1H3,(H,25,26);5H,1-4H2. The lowest BCUT2D eigenvalue weighted by atomic mass is 10.1. The van der Waals surface area contributed by atoms with Crippen LogP contribution in [0, 0.1) is 0 Å². The van der Waals surface area contributed by atoms with Gasteiger partial charge in [-0.1, -0.05) is 30.3 Å². The lowest BCUT2D eigenvalue weighted by molar-refractivity contribution is -0.635. The van der Waals surface area contributed by atoms with Crippen LogP contribution < -0.4 is 16.2 Å². The molecule has 0 atom stereocenters. The van der Waals surface area contributed by atoms with Gasteiger partial charge in [-0.05, 0) is 19.8 Å². The van der Waals surface area contributed by atoms with E-state index in [0.717, 1.165) is 43.1 Å². The molecule has 33 heavy (non-hydrogen) atoms. The number of rotatable bonds is 4. The molecule has 4 N–H and O–H groups in total. The van der Waals surface area contributed by atoms with E-state index in [0.29, 0.717) is 25.5 Å². The molecule has 0 aliphatic carbocycles. The van der Waals surface area contributed by atoms with Crippen molar-refractivity contribution >= 4 is 61.0 Å². The van der Waals surface area contributed by atoms with Crippen molar-refractivity contribution in [1.82, 2.24) is 4.90 Å². The average Bonchev–Trinajstić information content (AvgIpc) is 3.61. The van der Waals surface area contributed by atoms with Crippen LogP contribution in [0.15, 0.2) is 35.3 Å². The predicted octanol–water partition coefficient (Wildman–Crippen LogP) is 2.63. The SMILES string of the molecule is C1CC[NH2+]C1.CC(=Nc1c(C(=O)[O-])sc2sc(C(=O)c3ccccc3)c(N)c12)N1CCCC1. The van der Waals surface area contributed by atoms with Crippen molar-refractivity contribution in [3.8, 4) is 0 Å². The number of thiophene rings is 2. The lowest BCUT2D eigenvalue weighted by Crippen LogP contribution is -2.80. The van der Waals surface area contributed by atoms with E-state index in [1.807, 2.05) is 13.0 Å². The molecule has 0 unspecified atom stereocenters. The number of hydrogen-bond donors (Lipinski definition) is 2. The number of nitrogens with two attached hydrogens (primary N) is 2. The van der Waals surface area contributed by atoms with E-state index in [1.54, 1.807) is 24.3 Å². The molecule has 174 valence electrons. The zero-order valence-corrected chi connectivity index (χ0v) is 20.3. The highest BCUT2D eigenvalue weighted by Crippen LogP contribution is 2.47. The average molecular weight is 485 g/mol. The Morgan fingerprint density at radius 3 is 2.24 bits per heavy atom. The molecule has 0 radical (unpaired) electrons. The van der Waals surface area contributed by atoms with Crippen LogP contribution >= 0.6 is 22.7 Å². The third kappa shape index (κ3) is 5.10. The third-order valence-corrected chi connectivity index (χ3v) is 8.34.